The van der Waals surface area contributed by atoms with Crippen molar-refractivity contribution in [2.75, 3.05) is 0 Å². The molecule has 4 heteroatoms. The van der Waals surface area contributed by atoms with Crippen LogP contribution in [0, 0.1) is 12.8 Å². The number of aryl methyl sites for hydroxylation is 1. The average molecular weight is 236 g/mol. The molecule has 1 aliphatic carbocycles. The van der Waals surface area contributed by atoms with Gasteiger partial charge in [-0.15, -0.1) is 10.2 Å². The molecule has 0 bridgehead atoms. The third kappa shape index (κ3) is 3.06. The summed E-state index contributed by atoms with van der Waals surface area (Å²) in [6, 6.07) is 0.648. The highest BCUT2D eigenvalue weighted by molar-refractivity contribution is 4.92. The highest BCUT2D eigenvalue weighted by Gasteiger charge is 2.19. The maximum atomic E-state index is 4.20. The van der Waals surface area contributed by atoms with Crippen LogP contribution in [0.1, 0.15) is 50.7 Å². The van der Waals surface area contributed by atoms with Gasteiger partial charge in [0, 0.05) is 13.1 Å². The fourth-order valence-electron chi connectivity index (χ4n) is 2.62. The molecule has 1 N–H and O–H groups in total. The Kier molecular flexibility index (Phi) is 4.15. The van der Waals surface area contributed by atoms with Crippen LogP contribution in [0.3, 0.4) is 0 Å². The first kappa shape index (κ1) is 12.6. The molecule has 4 nitrogen and oxygen atoms in total. The normalized spacial score (nSPS) is 25.8. The van der Waals surface area contributed by atoms with Crippen molar-refractivity contribution in [3.05, 3.63) is 11.6 Å². The first-order valence-corrected chi connectivity index (χ1v) is 6.76. The third-order valence-electron chi connectivity index (χ3n) is 4.07. The average Bonchev–Trinajstić information content (AvgIpc) is 2.53. The van der Waals surface area contributed by atoms with E-state index in [0.717, 1.165) is 24.1 Å². The van der Waals surface area contributed by atoms with Crippen molar-refractivity contribution < 1.29 is 0 Å². The third-order valence-corrected chi connectivity index (χ3v) is 4.07. The van der Waals surface area contributed by atoms with Crippen molar-refractivity contribution in [3.8, 4) is 0 Å². The van der Waals surface area contributed by atoms with Crippen LogP contribution in [-0.4, -0.2) is 20.8 Å². The first-order chi connectivity index (χ1) is 8.18. The van der Waals surface area contributed by atoms with Crippen LogP contribution < -0.4 is 5.32 Å². The summed E-state index contributed by atoms with van der Waals surface area (Å²) in [5.41, 5.74) is 0. The predicted octanol–water partition coefficient (Wildman–Crippen LogP) is 2.18. The zero-order valence-electron chi connectivity index (χ0n) is 11.2. The second-order valence-electron chi connectivity index (χ2n) is 5.33. The summed E-state index contributed by atoms with van der Waals surface area (Å²) in [5, 5.41) is 11.9. The van der Waals surface area contributed by atoms with E-state index >= 15 is 0 Å². The fraction of sp³-hybridized carbons (Fsp3) is 0.846. The molecule has 2 rings (SSSR count). The Morgan fingerprint density at radius 1 is 1.24 bits per heavy atom. The maximum absolute atomic E-state index is 4.20. The van der Waals surface area contributed by atoms with Gasteiger partial charge in [-0.3, -0.25) is 0 Å². The lowest BCUT2D eigenvalue weighted by Gasteiger charge is -2.22. The first-order valence-electron chi connectivity index (χ1n) is 6.76. The van der Waals surface area contributed by atoms with Crippen LogP contribution >= 0.6 is 0 Å². The lowest BCUT2D eigenvalue weighted by Crippen LogP contribution is -2.34. The van der Waals surface area contributed by atoms with E-state index in [1.807, 2.05) is 14.0 Å². The minimum atomic E-state index is 0.648. The molecule has 17 heavy (non-hydrogen) atoms. The molecule has 2 atom stereocenters. The monoisotopic (exact) mass is 236 g/mol. The molecule has 0 saturated heterocycles. The van der Waals surface area contributed by atoms with Crippen molar-refractivity contribution in [3.63, 3.8) is 0 Å². The molecule has 0 aromatic carbocycles. The van der Waals surface area contributed by atoms with Crippen LogP contribution in [0.15, 0.2) is 0 Å². The van der Waals surface area contributed by atoms with Gasteiger partial charge in [0.1, 0.15) is 11.6 Å². The second kappa shape index (κ2) is 5.63. The molecule has 1 aromatic rings. The van der Waals surface area contributed by atoms with E-state index in [2.05, 4.69) is 27.0 Å². The molecule has 0 radical (unpaired) electrons. The van der Waals surface area contributed by atoms with Crippen molar-refractivity contribution in [2.24, 2.45) is 13.0 Å². The molecular formula is C13H24N4. The molecule has 0 amide bonds. The van der Waals surface area contributed by atoms with Crippen molar-refractivity contribution in [1.82, 2.24) is 20.1 Å². The van der Waals surface area contributed by atoms with Crippen molar-refractivity contribution >= 4 is 0 Å². The largest absolute Gasteiger partial charge is 0.317 e. The number of nitrogens with one attached hydrogen (secondary N) is 1. The topological polar surface area (TPSA) is 42.7 Å². The summed E-state index contributed by atoms with van der Waals surface area (Å²) in [6.45, 7) is 5.20. The Hall–Kier alpha value is -0.900. The van der Waals surface area contributed by atoms with Crippen molar-refractivity contribution in [1.29, 1.82) is 0 Å². The van der Waals surface area contributed by atoms with Crippen LogP contribution in [0.2, 0.25) is 0 Å². The standard InChI is InChI=1S/C13H24N4/c1-10-7-5-4-6-8-12(10)14-9-13-16-15-11(2)17(13)3/h10,12,14H,4-9H2,1-3H3. The molecule has 1 saturated carbocycles. The van der Waals surface area contributed by atoms with E-state index in [4.69, 9.17) is 0 Å². The number of nitrogens with zero attached hydrogens (tertiary/aromatic N) is 3. The summed E-state index contributed by atoms with van der Waals surface area (Å²) in [5.74, 6) is 2.81. The summed E-state index contributed by atoms with van der Waals surface area (Å²) in [7, 11) is 2.03. The van der Waals surface area contributed by atoms with Crippen LogP contribution in [0.4, 0.5) is 0 Å². The summed E-state index contributed by atoms with van der Waals surface area (Å²) in [4.78, 5) is 0. The lowest BCUT2D eigenvalue weighted by molar-refractivity contribution is 0.351. The van der Waals surface area contributed by atoms with Gasteiger partial charge in [-0.2, -0.15) is 0 Å². The Bertz CT molecular complexity index is 358. The van der Waals surface area contributed by atoms with Gasteiger partial charge < -0.3 is 9.88 Å². The van der Waals surface area contributed by atoms with E-state index in [1.165, 1.54) is 32.1 Å². The van der Waals surface area contributed by atoms with Crippen LogP contribution in [0.5, 0.6) is 0 Å². The molecule has 0 aliphatic heterocycles. The highest BCUT2D eigenvalue weighted by Crippen LogP contribution is 2.23. The van der Waals surface area contributed by atoms with Crippen LogP contribution in [0.25, 0.3) is 0 Å². The van der Waals surface area contributed by atoms with Gasteiger partial charge in [0.05, 0.1) is 6.54 Å². The molecule has 1 fully saturated rings. The van der Waals surface area contributed by atoms with Gasteiger partial charge in [-0.05, 0) is 25.7 Å². The zero-order chi connectivity index (χ0) is 12.3. The van der Waals surface area contributed by atoms with E-state index in [-0.39, 0.29) is 0 Å². The number of aromatic nitrogens is 3. The van der Waals surface area contributed by atoms with E-state index in [0.29, 0.717) is 6.04 Å². The fourth-order valence-corrected chi connectivity index (χ4v) is 2.62. The highest BCUT2D eigenvalue weighted by atomic mass is 15.3. The molecule has 1 aliphatic rings. The predicted molar refractivity (Wildman–Crippen MR) is 68.6 cm³/mol. The van der Waals surface area contributed by atoms with E-state index < -0.39 is 0 Å². The Labute approximate surface area is 104 Å². The molecular weight excluding hydrogens is 212 g/mol. The molecule has 1 aromatic heterocycles. The number of hydrogen-bond acceptors (Lipinski definition) is 3. The van der Waals surface area contributed by atoms with Gasteiger partial charge in [-0.25, -0.2) is 0 Å². The number of rotatable bonds is 3. The van der Waals surface area contributed by atoms with Gasteiger partial charge >= 0.3 is 0 Å². The van der Waals surface area contributed by atoms with Gasteiger partial charge in [-0.1, -0.05) is 26.2 Å². The Balaban J connectivity index is 1.90. The maximum Gasteiger partial charge on any atom is 0.146 e. The second-order valence-corrected chi connectivity index (χ2v) is 5.33. The minimum Gasteiger partial charge on any atom is -0.317 e. The molecule has 2 unspecified atom stereocenters. The van der Waals surface area contributed by atoms with Crippen molar-refractivity contribution in [2.45, 2.75) is 58.5 Å². The smallest absolute Gasteiger partial charge is 0.146 e. The summed E-state index contributed by atoms with van der Waals surface area (Å²) < 4.78 is 2.06. The lowest BCUT2D eigenvalue weighted by atomic mass is 9.97. The van der Waals surface area contributed by atoms with E-state index in [1.54, 1.807) is 0 Å². The van der Waals surface area contributed by atoms with E-state index in [9.17, 15) is 0 Å². The zero-order valence-corrected chi connectivity index (χ0v) is 11.2. The van der Waals surface area contributed by atoms with Crippen LogP contribution in [-0.2, 0) is 13.6 Å². The Morgan fingerprint density at radius 3 is 2.71 bits per heavy atom. The molecule has 0 spiro atoms. The summed E-state index contributed by atoms with van der Waals surface area (Å²) >= 11 is 0. The number of hydrogen-bond donors (Lipinski definition) is 1. The summed E-state index contributed by atoms with van der Waals surface area (Å²) in [6.07, 6.45) is 6.81. The minimum absolute atomic E-state index is 0.648. The van der Waals surface area contributed by atoms with Gasteiger partial charge in [0.25, 0.3) is 0 Å². The molecule has 1 heterocycles. The van der Waals surface area contributed by atoms with Gasteiger partial charge in [0.2, 0.25) is 0 Å². The quantitative estimate of drug-likeness (QED) is 0.818. The molecule has 96 valence electrons. The van der Waals surface area contributed by atoms with Gasteiger partial charge in [0.15, 0.2) is 0 Å². The SMILES string of the molecule is Cc1nnc(CNC2CCCCCC2C)n1C. The Morgan fingerprint density at radius 2 is 2.00 bits per heavy atom.